The van der Waals surface area contributed by atoms with E-state index in [9.17, 15) is 4.39 Å². The zero-order chi connectivity index (χ0) is 11.5. The van der Waals surface area contributed by atoms with Crippen molar-refractivity contribution >= 4 is 0 Å². The van der Waals surface area contributed by atoms with Crippen LogP contribution in [0.15, 0.2) is 36.7 Å². The number of nitrogens with zero attached hydrogens (tertiary/aromatic N) is 2. The van der Waals surface area contributed by atoms with Crippen LogP contribution in [0.25, 0.3) is 0 Å². The Bertz CT molecular complexity index is 461. The molecule has 0 fully saturated rings. The lowest BCUT2D eigenvalue weighted by Crippen LogP contribution is -2.17. The summed E-state index contributed by atoms with van der Waals surface area (Å²) in [5, 5.41) is 0. The second-order valence-corrected chi connectivity index (χ2v) is 3.83. The molecule has 4 heteroatoms. The Morgan fingerprint density at radius 2 is 2.06 bits per heavy atom. The Hall–Kier alpha value is -1.68. The van der Waals surface area contributed by atoms with Crippen molar-refractivity contribution in [1.29, 1.82) is 0 Å². The number of hydrogen-bond donors (Lipinski definition) is 1. The molecule has 2 aromatic rings. The van der Waals surface area contributed by atoms with Crippen LogP contribution in [0.5, 0.6) is 0 Å². The monoisotopic (exact) mass is 219 g/mol. The molecular formula is C12H14FN3. The molecule has 2 rings (SSSR count). The SMILES string of the molecule is Cn1ccnc1C(N)Cc1ccc(F)cc1. The highest BCUT2D eigenvalue weighted by molar-refractivity contribution is 5.18. The second-order valence-electron chi connectivity index (χ2n) is 3.83. The summed E-state index contributed by atoms with van der Waals surface area (Å²) >= 11 is 0. The summed E-state index contributed by atoms with van der Waals surface area (Å²) in [6.45, 7) is 0. The number of hydrogen-bond acceptors (Lipinski definition) is 2. The highest BCUT2D eigenvalue weighted by Crippen LogP contribution is 2.14. The zero-order valence-corrected chi connectivity index (χ0v) is 9.10. The molecule has 84 valence electrons. The summed E-state index contributed by atoms with van der Waals surface area (Å²) in [5.74, 6) is 0.610. The van der Waals surface area contributed by atoms with Gasteiger partial charge in [0.05, 0.1) is 6.04 Å². The summed E-state index contributed by atoms with van der Waals surface area (Å²) in [7, 11) is 1.91. The minimum absolute atomic E-state index is 0.162. The van der Waals surface area contributed by atoms with E-state index in [2.05, 4.69) is 4.98 Å². The summed E-state index contributed by atoms with van der Waals surface area (Å²) in [4.78, 5) is 4.19. The Morgan fingerprint density at radius 1 is 1.38 bits per heavy atom. The van der Waals surface area contributed by atoms with Crippen LogP contribution in [0.2, 0.25) is 0 Å². The number of benzene rings is 1. The van der Waals surface area contributed by atoms with Crippen molar-refractivity contribution in [3.8, 4) is 0 Å². The average Bonchev–Trinajstić information content (AvgIpc) is 2.68. The molecular weight excluding hydrogens is 205 g/mol. The second kappa shape index (κ2) is 4.45. The Morgan fingerprint density at radius 3 is 2.62 bits per heavy atom. The molecule has 0 aliphatic carbocycles. The summed E-state index contributed by atoms with van der Waals surface area (Å²) in [6, 6.07) is 6.22. The molecule has 1 aromatic heterocycles. The normalized spacial score (nSPS) is 12.7. The lowest BCUT2D eigenvalue weighted by molar-refractivity contribution is 0.618. The van der Waals surface area contributed by atoms with Gasteiger partial charge >= 0.3 is 0 Å². The lowest BCUT2D eigenvalue weighted by atomic mass is 10.1. The smallest absolute Gasteiger partial charge is 0.125 e. The summed E-state index contributed by atoms with van der Waals surface area (Å²) in [6.07, 6.45) is 4.24. The van der Waals surface area contributed by atoms with Crippen LogP contribution in [-0.4, -0.2) is 9.55 Å². The number of rotatable bonds is 3. The standard InChI is InChI=1S/C12H14FN3/c1-16-7-6-15-12(16)11(14)8-9-2-4-10(13)5-3-9/h2-7,11H,8,14H2,1H3. The van der Waals surface area contributed by atoms with Crippen molar-refractivity contribution in [1.82, 2.24) is 9.55 Å². The van der Waals surface area contributed by atoms with E-state index in [0.29, 0.717) is 6.42 Å². The predicted octanol–water partition coefficient (Wildman–Crippen LogP) is 1.80. The quantitative estimate of drug-likeness (QED) is 0.855. The fourth-order valence-corrected chi connectivity index (χ4v) is 1.70. The maximum Gasteiger partial charge on any atom is 0.125 e. The van der Waals surface area contributed by atoms with E-state index in [-0.39, 0.29) is 11.9 Å². The van der Waals surface area contributed by atoms with Crippen LogP contribution in [0.3, 0.4) is 0 Å². The molecule has 0 bridgehead atoms. The first-order chi connectivity index (χ1) is 7.66. The predicted molar refractivity (Wildman–Crippen MR) is 60.2 cm³/mol. The van der Waals surface area contributed by atoms with Gasteiger partial charge in [0, 0.05) is 19.4 Å². The van der Waals surface area contributed by atoms with Gasteiger partial charge < -0.3 is 10.3 Å². The van der Waals surface area contributed by atoms with E-state index in [1.807, 2.05) is 17.8 Å². The van der Waals surface area contributed by atoms with Gasteiger partial charge in [0.15, 0.2) is 0 Å². The molecule has 0 radical (unpaired) electrons. The first kappa shape index (κ1) is 10.8. The molecule has 1 aromatic carbocycles. The molecule has 0 aliphatic heterocycles. The van der Waals surface area contributed by atoms with Crippen LogP contribution in [0.4, 0.5) is 4.39 Å². The molecule has 3 nitrogen and oxygen atoms in total. The maximum atomic E-state index is 12.7. The summed E-state index contributed by atoms with van der Waals surface area (Å²) in [5.41, 5.74) is 7.04. The molecule has 0 amide bonds. The third-order valence-electron chi connectivity index (χ3n) is 2.56. The van der Waals surface area contributed by atoms with Gasteiger partial charge in [-0.25, -0.2) is 9.37 Å². The number of imidazole rings is 1. The van der Waals surface area contributed by atoms with Crippen LogP contribution in [0, 0.1) is 5.82 Å². The topological polar surface area (TPSA) is 43.8 Å². The Kier molecular flexibility index (Phi) is 3.01. The van der Waals surface area contributed by atoms with Crippen molar-refractivity contribution in [2.24, 2.45) is 12.8 Å². The zero-order valence-electron chi connectivity index (χ0n) is 9.10. The maximum absolute atomic E-state index is 12.7. The number of nitrogens with two attached hydrogens (primary N) is 1. The van der Waals surface area contributed by atoms with Crippen LogP contribution in [-0.2, 0) is 13.5 Å². The van der Waals surface area contributed by atoms with Gasteiger partial charge in [-0.1, -0.05) is 12.1 Å². The average molecular weight is 219 g/mol. The third-order valence-corrected chi connectivity index (χ3v) is 2.56. The third kappa shape index (κ3) is 2.28. The van der Waals surface area contributed by atoms with E-state index < -0.39 is 0 Å². The first-order valence-corrected chi connectivity index (χ1v) is 5.14. The molecule has 16 heavy (non-hydrogen) atoms. The van der Waals surface area contributed by atoms with Gasteiger partial charge in [-0.3, -0.25) is 0 Å². The van der Waals surface area contributed by atoms with E-state index in [4.69, 9.17) is 5.73 Å². The van der Waals surface area contributed by atoms with Crippen molar-refractivity contribution in [3.63, 3.8) is 0 Å². The lowest BCUT2D eigenvalue weighted by Gasteiger charge is -2.11. The van der Waals surface area contributed by atoms with E-state index in [0.717, 1.165) is 11.4 Å². The molecule has 1 atom stereocenters. The molecule has 1 unspecified atom stereocenters. The van der Waals surface area contributed by atoms with E-state index in [1.165, 1.54) is 12.1 Å². The van der Waals surface area contributed by atoms with Crippen molar-refractivity contribution in [2.75, 3.05) is 0 Å². The molecule has 0 spiro atoms. The molecule has 0 saturated carbocycles. The van der Waals surface area contributed by atoms with Gasteiger partial charge in [0.1, 0.15) is 11.6 Å². The van der Waals surface area contributed by atoms with Crippen LogP contribution < -0.4 is 5.73 Å². The van der Waals surface area contributed by atoms with Crippen molar-refractivity contribution in [2.45, 2.75) is 12.5 Å². The van der Waals surface area contributed by atoms with E-state index >= 15 is 0 Å². The van der Waals surface area contributed by atoms with Crippen molar-refractivity contribution < 1.29 is 4.39 Å². The number of aromatic nitrogens is 2. The van der Waals surface area contributed by atoms with Crippen molar-refractivity contribution in [3.05, 3.63) is 53.9 Å². The summed E-state index contributed by atoms with van der Waals surface area (Å²) < 4.78 is 14.6. The van der Waals surface area contributed by atoms with Crippen LogP contribution in [0.1, 0.15) is 17.4 Å². The van der Waals surface area contributed by atoms with Gasteiger partial charge in [0.25, 0.3) is 0 Å². The van der Waals surface area contributed by atoms with Gasteiger partial charge in [-0.05, 0) is 24.1 Å². The van der Waals surface area contributed by atoms with Gasteiger partial charge in [-0.15, -0.1) is 0 Å². The van der Waals surface area contributed by atoms with E-state index in [1.54, 1.807) is 18.3 Å². The van der Waals surface area contributed by atoms with Crippen LogP contribution >= 0.6 is 0 Å². The molecule has 2 N–H and O–H groups in total. The highest BCUT2D eigenvalue weighted by atomic mass is 19.1. The fraction of sp³-hybridized carbons (Fsp3) is 0.250. The first-order valence-electron chi connectivity index (χ1n) is 5.14. The Balaban J connectivity index is 2.10. The fourth-order valence-electron chi connectivity index (χ4n) is 1.70. The molecule has 1 heterocycles. The Labute approximate surface area is 93.7 Å². The minimum Gasteiger partial charge on any atom is -0.337 e. The van der Waals surface area contributed by atoms with Gasteiger partial charge in [-0.2, -0.15) is 0 Å². The largest absolute Gasteiger partial charge is 0.337 e. The minimum atomic E-state index is -0.227. The molecule has 0 saturated heterocycles. The van der Waals surface area contributed by atoms with Gasteiger partial charge in [0.2, 0.25) is 0 Å². The number of halogens is 1. The number of aryl methyl sites for hydroxylation is 1. The highest BCUT2D eigenvalue weighted by Gasteiger charge is 2.11. The molecule has 0 aliphatic rings.